The molecule has 0 aliphatic rings. The molecule has 0 atom stereocenters. The van der Waals surface area contributed by atoms with Gasteiger partial charge in [-0.25, -0.2) is 8.42 Å². The average Bonchev–Trinajstić information content (AvgIpc) is 2.83. The number of sulfonamides is 1. The van der Waals surface area contributed by atoms with Gasteiger partial charge in [-0.05, 0) is 54.4 Å². The molecule has 3 rings (SSSR count). The minimum Gasteiger partial charge on any atom is -0.493 e. The van der Waals surface area contributed by atoms with Crippen molar-refractivity contribution in [2.24, 2.45) is 0 Å². The number of nitrogens with zero attached hydrogens (tertiary/aromatic N) is 1. The number of amides is 1. The Hall–Kier alpha value is -3.07. The van der Waals surface area contributed by atoms with Crippen LogP contribution in [-0.2, 0) is 27.9 Å². The van der Waals surface area contributed by atoms with Gasteiger partial charge >= 0.3 is 0 Å². The molecule has 0 aliphatic heterocycles. The largest absolute Gasteiger partial charge is 0.493 e. The molecular weight excluding hydrogens is 476 g/mol. The Morgan fingerprint density at radius 3 is 2.15 bits per heavy atom. The van der Waals surface area contributed by atoms with Crippen molar-refractivity contribution >= 4 is 27.5 Å². The van der Waals surface area contributed by atoms with Gasteiger partial charge in [0.1, 0.15) is 0 Å². The van der Waals surface area contributed by atoms with Crippen LogP contribution in [0.25, 0.3) is 0 Å². The van der Waals surface area contributed by atoms with E-state index >= 15 is 0 Å². The van der Waals surface area contributed by atoms with E-state index < -0.39 is 15.9 Å². The van der Waals surface area contributed by atoms with Crippen molar-refractivity contribution in [3.63, 3.8) is 0 Å². The number of nitrogens with one attached hydrogen (secondary N) is 1. The molecule has 7 nitrogen and oxygen atoms in total. The van der Waals surface area contributed by atoms with Crippen LogP contribution in [0.15, 0.2) is 71.6 Å². The summed E-state index contributed by atoms with van der Waals surface area (Å²) < 4.78 is 38.4. The molecule has 9 heteroatoms. The highest BCUT2D eigenvalue weighted by Gasteiger charge is 2.27. The molecule has 180 valence electrons. The van der Waals surface area contributed by atoms with Gasteiger partial charge in [0.05, 0.1) is 25.7 Å². The Morgan fingerprint density at radius 2 is 1.53 bits per heavy atom. The zero-order valence-electron chi connectivity index (χ0n) is 19.2. The molecule has 1 amide bonds. The van der Waals surface area contributed by atoms with Crippen LogP contribution in [0.3, 0.4) is 0 Å². The Kier molecular flexibility index (Phi) is 8.55. The number of ether oxygens (including phenoxy) is 2. The first-order valence-electron chi connectivity index (χ1n) is 10.5. The van der Waals surface area contributed by atoms with Crippen LogP contribution in [-0.4, -0.2) is 39.4 Å². The van der Waals surface area contributed by atoms with E-state index in [-0.39, 0.29) is 24.5 Å². The number of halogens is 1. The van der Waals surface area contributed by atoms with Gasteiger partial charge in [-0.3, -0.25) is 4.79 Å². The molecule has 0 saturated carbocycles. The van der Waals surface area contributed by atoms with E-state index in [9.17, 15) is 13.2 Å². The molecule has 0 spiro atoms. The van der Waals surface area contributed by atoms with E-state index in [1.54, 1.807) is 25.3 Å². The lowest BCUT2D eigenvalue weighted by atomic mass is 10.1. The summed E-state index contributed by atoms with van der Waals surface area (Å²) in [6.07, 6.45) is 0. The smallest absolute Gasteiger partial charge is 0.243 e. The van der Waals surface area contributed by atoms with Gasteiger partial charge in [-0.1, -0.05) is 47.5 Å². The second kappa shape index (κ2) is 11.4. The standard InChI is InChI=1S/C25H27ClN2O5S/c1-18-4-6-19(7-5-18)16-28(34(30,31)22-11-9-21(26)10-12-22)17-25(29)27-15-20-8-13-23(32-2)24(14-20)33-3/h4-14H,15-17H2,1-3H3,(H,27,29). The van der Waals surface area contributed by atoms with Crippen LogP contribution in [0.5, 0.6) is 11.5 Å². The molecule has 34 heavy (non-hydrogen) atoms. The monoisotopic (exact) mass is 502 g/mol. The maximum Gasteiger partial charge on any atom is 0.243 e. The van der Waals surface area contributed by atoms with Gasteiger partial charge < -0.3 is 14.8 Å². The lowest BCUT2D eigenvalue weighted by molar-refractivity contribution is -0.121. The molecule has 0 bridgehead atoms. The molecule has 1 N–H and O–H groups in total. The van der Waals surface area contributed by atoms with Crippen LogP contribution in [0.2, 0.25) is 5.02 Å². The van der Waals surface area contributed by atoms with Crippen LogP contribution in [0.4, 0.5) is 0 Å². The Bertz CT molecular complexity index is 1230. The molecule has 3 aromatic carbocycles. The summed E-state index contributed by atoms with van der Waals surface area (Å²) in [5, 5.41) is 3.21. The van der Waals surface area contributed by atoms with Crippen LogP contribution < -0.4 is 14.8 Å². The van der Waals surface area contributed by atoms with Crippen LogP contribution in [0.1, 0.15) is 16.7 Å². The highest BCUT2D eigenvalue weighted by Crippen LogP contribution is 2.27. The number of methoxy groups -OCH3 is 2. The molecule has 0 heterocycles. The van der Waals surface area contributed by atoms with E-state index in [0.29, 0.717) is 16.5 Å². The number of carbonyl (C=O) groups excluding carboxylic acids is 1. The predicted molar refractivity (Wildman–Crippen MR) is 132 cm³/mol. The number of hydrogen-bond acceptors (Lipinski definition) is 5. The summed E-state index contributed by atoms with van der Waals surface area (Å²) in [7, 11) is -0.869. The summed E-state index contributed by atoms with van der Waals surface area (Å²) >= 11 is 5.92. The molecule has 0 fully saturated rings. The van der Waals surface area contributed by atoms with Crippen molar-refractivity contribution in [1.82, 2.24) is 9.62 Å². The van der Waals surface area contributed by atoms with Crippen molar-refractivity contribution in [1.29, 1.82) is 0 Å². The Labute approximate surface area is 205 Å². The van der Waals surface area contributed by atoms with Gasteiger partial charge in [-0.15, -0.1) is 0 Å². The molecule has 0 unspecified atom stereocenters. The zero-order chi connectivity index (χ0) is 24.7. The van der Waals surface area contributed by atoms with E-state index in [2.05, 4.69) is 5.32 Å². The average molecular weight is 503 g/mol. The van der Waals surface area contributed by atoms with Crippen molar-refractivity contribution < 1.29 is 22.7 Å². The molecular formula is C25H27ClN2O5S. The molecule has 0 aromatic heterocycles. The quantitative estimate of drug-likeness (QED) is 0.449. The maximum atomic E-state index is 13.4. The van der Waals surface area contributed by atoms with Crippen molar-refractivity contribution in [3.8, 4) is 11.5 Å². The third-order valence-electron chi connectivity index (χ3n) is 5.19. The summed E-state index contributed by atoms with van der Waals surface area (Å²) in [4.78, 5) is 12.9. The first-order chi connectivity index (χ1) is 16.2. The summed E-state index contributed by atoms with van der Waals surface area (Å²) in [5.74, 6) is 0.691. The highest BCUT2D eigenvalue weighted by atomic mass is 35.5. The van der Waals surface area contributed by atoms with E-state index in [1.165, 1.54) is 31.4 Å². The third kappa shape index (κ3) is 6.50. The van der Waals surface area contributed by atoms with Gasteiger partial charge in [0, 0.05) is 18.1 Å². The molecule has 0 aliphatic carbocycles. The number of rotatable bonds is 10. The molecule has 0 saturated heterocycles. The van der Waals surface area contributed by atoms with Gasteiger partial charge in [0.15, 0.2) is 11.5 Å². The lowest BCUT2D eigenvalue weighted by Gasteiger charge is -2.22. The first-order valence-corrected chi connectivity index (χ1v) is 12.3. The summed E-state index contributed by atoms with van der Waals surface area (Å²) in [6, 6.07) is 18.7. The van der Waals surface area contributed by atoms with Crippen molar-refractivity contribution in [2.45, 2.75) is 24.9 Å². The number of benzene rings is 3. The van der Waals surface area contributed by atoms with Crippen molar-refractivity contribution in [2.75, 3.05) is 20.8 Å². The second-order valence-corrected chi connectivity index (χ2v) is 10.1. The van der Waals surface area contributed by atoms with E-state index in [1.807, 2.05) is 31.2 Å². The number of carbonyl (C=O) groups is 1. The SMILES string of the molecule is COc1ccc(CNC(=O)CN(Cc2ccc(C)cc2)S(=O)(=O)c2ccc(Cl)cc2)cc1OC. The fourth-order valence-corrected chi connectivity index (χ4v) is 4.80. The normalized spacial score (nSPS) is 11.3. The summed E-state index contributed by atoms with van der Waals surface area (Å²) in [6.45, 7) is 1.87. The van der Waals surface area contributed by atoms with Gasteiger partial charge in [0.2, 0.25) is 15.9 Å². The highest BCUT2D eigenvalue weighted by molar-refractivity contribution is 7.89. The Morgan fingerprint density at radius 1 is 0.912 bits per heavy atom. The zero-order valence-corrected chi connectivity index (χ0v) is 20.8. The topological polar surface area (TPSA) is 84.9 Å². The van der Waals surface area contributed by atoms with E-state index in [4.69, 9.17) is 21.1 Å². The minimum absolute atomic E-state index is 0.0506. The molecule has 0 radical (unpaired) electrons. The van der Waals surface area contributed by atoms with Crippen molar-refractivity contribution in [3.05, 3.63) is 88.4 Å². The minimum atomic E-state index is -3.95. The fourth-order valence-electron chi connectivity index (χ4n) is 3.29. The van der Waals surface area contributed by atoms with Gasteiger partial charge in [0.25, 0.3) is 0 Å². The van der Waals surface area contributed by atoms with Crippen LogP contribution >= 0.6 is 11.6 Å². The Balaban J connectivity index is 1.78. The van der Waals surface area contributed by atoms with Gasteiger partial charge in [-0.2, -0.15) is 4.31 Å². The fraction of sp³-hybridized carbons (Fsp3) is 0.240. The predicted octanol–water partition coefficient (Wildman–Crippen LogP) is 4.17. The number of aryl methyl sites for hydroxylation is 1. The maximum absolute atomic E-state index is 13.4. The first kappa shape index (κ1) is 25.6. The van der Waals surface area contributed by atoms with E-state index in [0.717, 1.165) is 21.0 Å². The molecule has 3 aromatic rings. The summed E-state index contributed by atoms with van der Waals surface area (Å²) in [5.41, 5.74) is 2.62. The second-order valence-electron chi connectivity index (χ2n) is 7.68. The lowest BCUT2D eigenvalue weighted by Crippen LogP contribution is -2.40. The van der Waals surface area contributed by atoms with Crippen LogP contribution in [0, 0.1) is 6.92 Å². The third-order valence-corrected chi connectivity index (χ3v) is 7.25. The number of hydrogen-bond donors (Lipinski definition) is 1.